The molecule has 1 aromatic heterocycles. The summed E-state index contributed by atoms with van der Waals surface area (Å²) in [5.41, 5.74) is 8.32. The van der Waals surface area contributed by atoms with Gasteiger partial charge >= 0.3 is 5.97 Å². The van der Waals surface area contributed by atoms with Gasteiger partial charge in [-0.05, 0) is 26.0 Å². The third-order valence-corrected chi connectivity index (χ3v) is 4.33. The topological polar surface area (TPSA) is 115 Å². The number of ether oxygens (including phenoxy) is 1. The molecular formula is C22H21N3O4. The first-order chi connectivity index (χ1) is 13.9. The van der Waals surface area contributed by atoms with Crippen molar-refractivity contribution in [2.45, 2.75) is 19.8 Å². The molecule has 0 saturated heterocycles. The molecule has 1 heterocycles. The number of para-hydroxylation sites is 2. The molecule has 1 amide bonds. The van der Waals surface area contributed by atoms with E-state index in [1.807, 2.05) is 19.1 Å². The van der Waals surface area contributed by atoms with Crippen LogP contribution < -0.4 is 5.73 Å². The lowest BCUT2D eigenvalue weighted by molar-refractivity contribution is -0.147. The molecular weight excluding hydrogens is 370 g/mol. The number of hydrogen-bond donors (Lipinski definition) is 2. The molecule has 7 nitrogen and oxygen atoms in total. The van der Waals surface area contributed by atoms with Crippen molar-refractivity contribution < 1.29 is 19.4 Å². The van der Waals surface area contributed by atoms with Gasteiger partial charge in [-0.15, -0.1) is 0 Å². The monoisotopic (exact) mass is 391 g/mol. The van der Waals surface area contributed by atoms with Gasteiger partial charge < -0.3 is 15.6 Å². The predicted octanol–water partition coefficient (Wildman–Crippen LogP) is 3.13. The zero-order valence-electron chi connectivity index (χ0n) is 16.1. The molecule has 0 spiro atoms. The summed E-state index contributed by atoms with van der Waals surface area (Å²) in [6.45, 7) is 3.66. The van der Waals surface area contributed by atoms with Crippen LogP contribution in [0.2, 0.25) is 0 Å². The van der Waals surface area contributed by atoms with Crippen LogP contribution in [0.3, 0.4) is 0 Å². The number of rotatable bonds is 6. The van der Waals surface area contributed by atoms with E-state index in [0.717, 1.165) is 5.56 Å². The molecule has 0 bridgehead atoms. The summed E-state index contributed by atoms with van der Waals surface area (Å²) in [6, 6.07) is 14.2. The molecule has 1 atom stereocenters. The number of aromatic nitrogens is 2. The normalized spacial score (nSPS) is 12.6. The number of aliphatic hydroxyl groups is 1. The Bertz CT molecular complexity index is 1090. The smallest absolute Gasteiger partial charge is 0.324 e. The minimum absolute atomic E-state index is 0.0355. The number of primary amides is 1. The van der Waals surface area contributed by atoms with Gasteiger partial charge in [-0.1, -0.05) is 42.0 Å². The maximum Gasteiger partial charge on any atom is 0.324 e. The average Bonchev–Trinajstić information content (AvgIpc) is 2.69. The van der Waals surface area contributed by atoms with Crippen molar-refractivity contribution in [3.63, 3.8) is 0 Å². The Kier molecular flexibility index (Phi) is 5.87. The highest BCUT2D eigenvalue weighted by Gasteiger charge is 2.32. The average molecular weight is 391 g/mol. The van der Waals surface area contributed by atoms with E-state index in [1.54, 1.807) is 43.3 Å². The standard InChI is InChI=1S/C22H21N3O4/c1-3-29-22(28)19(21(23)27)20-17(24-15-6-4-5-7-16(15)25-20)12-18(26)14-10-8-13(2)9-11-14/h4-12,19,26H,3H2,1-2H3,(H2,23,27)/b18-12-. The fourth-order valence-corrected chi connectivity index (χ4v) is 2.87. The fraction of sp³-hybridized carbons (Fsp3) is 0.182. The van der Waals surface area contributed by atoms with E-state index < -0.39 is 17.8 Å². The Labute approximate surface area is 167 Å². The summed E-state index contributed by atoms with van der Waals surface area (Å²) in [7, 11) is 0. The number of carbonyl (C=O) groups is 2. The Hall–Kier alpha value is -3.74. The second-order valence-corrected chi connectivity index (χ2v) is 6.47. The molecule has 2 aromatic carbocycles. The summed E-state index contributed by atoms with van der Waals surface area (Å²) in [5, 5.41) is 10.6. The van der Waals surface area contributed by atoms with Gasteiger partial charge in [0.1, 0.15) is 5.76 Å². The number of aliphatic hydroxyl groups excluding tert-OH is 1. The van der Waals surface area contributed by atoms with E-state index in [2.05, 4.69) is 9.97 Å². The van der Waals surface area contributed by atoms with E-state index in [9.17, 15) is 14.7 Å². The summed E-state index contributed by atoms with van der Waals surface area (Å²) in [5.74, 6) is -3.24. The van der Waals surface area contributed by atoms with Crippen LogP contribution in [0.15, 0.2) is 48.5 Å². The number of esters is 1. The summed E-state index contributed by atoms with van der Waals surface area (Å²) >= 11 is 0. The third-order valence-electron chi connectivity index (χ3n) is 4.33. The molecule has 29 heavy (non-hydrogen) atoms. The van der Waals surface area contributed by atoms with Crippen LogP contribution in [-0.2, 0) is 14.3 Å². The number of aryl methyl sites for hydroxylation is 1. The van der Waals surface area contributed by atoms with E-state index in [-0.39, 0.29) is 23.8 Å². The minimum Gasteiger partial charge on any atom is -0.507 e. The van der Waals surface area contributed by atoms with Crippen LogP contribution in [0.25, 0.3) is 22.9 Å². The maximum atomic E-state index is 12.4. The lowest BCUT2D eigenvalue weighted by atomic mass is 10.0. The number of nitrogens with two attached hydrogens (primary N) is 1. The second-order valence-electron chi connectivity index (χ2n) is 6.47. The van der Waals surface area contributed by atoms with Crippen molar-refractivity contribution in [3.8, 4) is 0 Å². The molecule has 0 saturated carbocycles. The van der Waals surface area contributed by atoms with E-state index in [1.165, 1.54) is 6.08 Å². The van der Waals surface area contributed by atoms with Crippen LogP contribution in [0.1, 0.15) is 35.4 Å². The molecule has 0 aliphatic carbocycles. The van der Waals surface area contributed by atoms with Crippen LogP contribution in [0.4, 0.5) is 0 Å². The molecule has 0 fully saturated rings. The largest absolute Gasteiger partial charge is 0.507 e. The lowest BCUT2D eigenvalue weighted by Gasteiger charge is -2.15. The second kappa shape index (κ2) is 8.52. The van der Waals surface area contributed by atoms with Crippen molar-refractivity contribution in [3.05, 3.63) is 71.0 Å². The molecule has 0 aliphatic rings. The van der Waals surface area contributed by atoms with Gasteiger partial charge in [-0.2, -0.15) is 0 Å². The molecule has 0 radical (unpaired) electrons. The zero-order valence-corrected chi connectivity index (χ0v) is 16.1. The Morgan fingerprint density at radius 2 is 1.72 bits per heavy atom. The van der Waals surface area contributed by atoms with Crippen molar-refractivity contribution in [2.24, 2.45) is 5.73 Å². The summed E-state index contributed by atoms with van der Waals surface area (Å²) in [4.78, 5) is 33.4. The van der Waals surface area contributed by atoms with E-state index in [4.69, 9.17) is 10.5 Å². The third kappa shape index (κ3) is 4.40. The predicted molar refractivity (Wildman–Crippen MR) is 110 cm³/mol. The molecule has 1 unspecified atom stereocenters. The number of amides is 1. The van der Waals surface area contributed by atoms with Gasteiger partial charge in [0.25, 0.3) is 0 Å². The number of carbonyl (C=O) groups excluding carboxylic acids is 2. The number of fused-ring (bicyclic) bond motifs is 1. The first-order valence-corrected chi connectivity index (χ1v) is 9.11. The molecule has 7 heteroatoms. The highest BCUT2D eigenvalue weighted by Crippen LogP contribution is 2.25. The molecule has 3 N–H and O–H groups in total. The first kappa shape index (κ1) is 20.0. The number of benzene rings is 2. The lowest BCUT2D eigenvalue weighted by Crippen LogP contribution is -2.31. The first-order valence-electron chi connectivity index (χ1n) is 9.11. The van der Waals surface area contributed by atoms with Gasteiger partial charge in [0.2, 0.25) is 5.91 Å². The van der Waals surface area contributed by atoms with Crippen molar-refractivity contribution in [2.75, 3.05) is 6.61 Å². The van der Waals surface area contributed by atoms with E-state index >= 15 is 0 Å². The van der Waals surface area contributed by atoms with Gasteiger partial charge in [-0.3, -0.25) is 9.59 Å². The van der Waals surface area contributed by atoms with Crippen LogP contribution in [0, 0.1) is 6.92 Å². The van der Waals surface area contributed by atoms with Gasteiger partial charge in [0, 0.05) is 11.6 Å². The van der Waals surface area contributed by atoms with Crippen LogP contribution >= 0.6 is 0 Å². The van der Waals surface area contributed by atoms with Gasteiger partial charge in [0.05, 0.1) is 29.0 Å². The van der Waals surface area contributed by atoms with Crippen LogP contribution in [-0.4, -0.2) is 33.6 Å². The Balaban J connectivity index is 2.19. The zero-order chi connectivity index (χ0) is 21.0. The van der Waals surface area contributed by atoms with Gasteiger partial charge in [0.15, 0.2) is 5.92 Å². The quantitative estimate of drug-likeness (QED) is 0.379. The summed E-state index contributed by atoms with van der Waals surface area (Å²) < 4.78 is 5.00. The highest BCUT2D eigenvalue weighted by atomic mass is 16.5. The van der Waals surface area contributed by atoms with Crippen LogP contribution in [0.5, 0.6) is 0 Å². The molecule has 3 aromatic rings. The Morgan fingerprint density at radius 1 is 1.10 bits per heavy atom. The van der Waals surface area contributed by atoms with Crippen molar-refractivity contribution >= 4 is 34.7 Å². The summed E-state index contributed by atoms with van der Waals surface area (Å²) in [6.07, 6.45) is 1.37. The Morgan fingerprint density at radius 3 is 2.31 bits per heavy atom. The van der Waals surface area contributed by atoms with Crippen molar-refractivity contribution in [1.82, 2.24) is 9.97 Å². The molecule has 0 aliphatic heterocycles. The highest BCUT2D eigenvalue weighted by molar-refractivity contribution is 6.03. The molecule has 148 valence electrons. The fourth-order valence-electron chi connectivity index (χ4n) is 2.87. The van der Waals surface area contributed by atoms with Crippen molar-refractivity contribution in [1.29, 1.82) is 0 Å². The number of nitrogens with zero attached hydrogens (tertiary/aromatic N) is 2. The molecule has 3 rings (SSSR count). The van der Waals surface area contributed by atoms with E-state index in [0.29, 0.717) is 16.6 Å². The SMILES string of the molecule is CCOC(=O)C(C(N)=O)c1nc2ccccc2nc1/C=C(\O)c1ccc(C)cc1. The van der Waals surface area contributed by atoms with Gasteiger partial charge in [-0.25, -0.2) is 9.97 Å². The number of hydrogen-bond acceptors (Lipinski definition) is 6. The minimum atomic E-state index is -1.44. The maximum absolute atomic E-state index is 12.4.